The molecule has 1 aliphatic rings. The van der Waals surface area contributed by atoms with Crippen LogP contribution in [0.1, 0.15) is 31.9 Å². The number of nitrogens with zero attached hydrogens (tertiary/aromatic N) is 2. The molecule has 0 fully saturated rings. The topological polar surface area (TPSA) is 76.0 Å². The molecular weight excluding hydrogens is 397 g/mol. The number of hydrogen-bond acceptors (Lipinski definition) is 5. The van der Waals surface area contributed by atoms with Crippen molar-refractivity contribution in [2.24, 2.45) is 5.41 Å². The molecule has 0 aliphatic carbocycles. The Kier molecular flexibility index (Phi) is 5.41. The molecule has 1 aromatic carbocycles. The highest BCUT2D eigenvalue weighted by Gasteiger charge is 2.36. The third kappa shape index (κ3) is 3.42. The lowest BCUT2D eigenvalue weighted by molar-refractivity contribution is 0.117. The van der Waals surface area contributed by atoms with E-state index in [1.807, 2.05) is 40.1 Å². The van der Waals surface area contributed by atoms with Crippen LogP contribution in [0.5, 0.6) is 0 Å². The van der Waals surface area contributed by atoms with Gasteiger partial charge in [-0.05, 0) is 44.3 Å². The van der Waals surface area contributed by atoms with Crippen LogP contribution in [0.3, 0.4) is 0 Å². The molecule has 1 heterocycles. The number of fused-ring (bicyclic) bond motifs is 1. The van der Waals surface area contributed by atoms with E-state index in [9.17, 15) is 13.4 Å². The monoisotopic (exact) mass is 421 g/mol. The highest BCUT2D eigenvalue weighted by Crippen LogP contribution is 2.42. The van der Waals surface area contributed by atoms with Crippen LogP contribution in [-0.4, -0.2) is 42.0 Å². The molecule has 0 radical (unpaired) electrons. The van der Waals surface area contributed by atoms with Crippen molar-refractivity contribution in [3.63, 3.8) is 0 Å². The molecule has 0 spiro atoms. The summed E-state index contributed by atoms with van der Waals surface area (Å²) >= 11 is -1.64. The van der Waals surface area contributed by atoms with Crippen LogP contribution in [0.15, 0.2) is 18.2 Å². The van der Waals surface area contributed by atoms with Gasteiger partial charge in [0.05, 0.1) is 12.3 Å². The number of hydrogen-bond donors (Lipinski definition) is 3. The molecule has 0 aromatic heterocycles. The smallest absolute Gasteiger partial charge is 0.300 e. The first-order valence-electron chi connectivity index (χ1n) is 7.24. The molecule has 0 bridgehead atoms. The first-order chi connectivity index (χ1) is 10.3. The Labute approximate surface area is 142 Å². The molecular formula is C15H24IN3O3. The first kappa shape index (κ1) is 17.6. The predicted octanol–water partition coefficient (Wildman–Crippen LogP) is 2.92. The van der Waals surface area contributed by atoms with Crippen molar-refractivity contribution in [2.75, 3.05) is 29.3 Å². The fourth-order valence-electron chi connectivity index (χ4n) is 2.82. The molecule has 6 nitrogen and oxygen atoms in total. The van der Waals surface area contributed by atoms with Crippen molar-refractivity contribution in [2.45, 2.75) is 32.4 Å². The maximum atomic E-state index is 11.0. The van der Waals surface area contributed by atoms with Crippen molar-refractivity contribution in [1.82, 2.24) is 4.90 Å². The average Bonchev–Trinajstić information content (AvgIpc) is 2.52. The van der Waals surface area contributed by atoms with Crippen molar-refractivity contribution in [1.29, 1.82) is 0 Å². The number of halogens is 1. The summed E-state index contributed by atoms with van der Waals surface area (Å²) in [6, 6.07) is 5.87. The minimum absolute atomic E-state index is 0.114. The lowest BCUT2D eigenvalue weighted by atomic mass is 9.77. The van der Waals surface area contributed by atoms with Crippen LogP contribution in [-0.2, 0) is 3.07 Å². The zero-order valence-electron chi connectivity index (χ0n) is 13.4. The van der Waals surface area contributed by atoms with Gasteiger partial charge in [0, 0.05) is 23.2 Å². The lowest BCUT2D eigenvalue weighted by Crippen LogP contribution is -2.44. The van der Waals surface area contributed by atoms with Crippen LogP contribution in [0.25, 0.3) is 0 Å². The summed E-state index contributed by atoms with van der Waals surface area (Å²) in [6.45, 7) is 4.21. The van der Waals surface area contributed by atoms with Gasteiger partial charge in [0.1, 0.15) is 0 Å². The van der Waals surface area contributed by atoms with E-state index in [1.165, 1.54) is 0 Å². The van der Waals surface area contributed by atoms with Gasteiger partial charge in [0.15, 0.2) is 0 Å². The lowest BCUT2D eigenvalue weighted by Gasteiger charge is -2.43. The molecule has 22 heavy (non-hydrogen) atoms. The van der Waals surface area contributed by atoms with Crippen LogP contribution >= 0.6 is 21.5 Å². The fourth-order valence-corrected chi connectivity index (χ4v) is 3.35. The third-order valence-electron chi connectivity index (χ3n) is 4.44. The summed E-state index contributed by atoms with van der Waals surface area (Å²) in [7, 11) is 4.04. The van der Waals surface area contributed by atoms with Gasteiger partial charge in [-0.2, -0.15) is 3.28 Å². The highest BCUT2D eigenvalue weighted by molar-refractivity contribution is 14.1. The second-order valence-corrected chi connectivity index (χ2v) is 7.97. The fraction of sp³-hybridized carbons (Fsp3) is 0.600. The quantitative estimate of drug-likeness (QED) is 0.386. The average molecular weight is 421 g/mol. The number of rotatable bonds is 5. The Bertz CT molecular complexity index is 551. The Hall–Kier alpha value is -0.770. The Morgan fingerprint density at radius 2 is 2.09 bits per heavy atom. The van der Waals surface area contributed by atoms with Crippen LogP contribution < -0.4 is 8.59 Å². The predicted molar refractivity (Wildman–Crippen MR) is 94.7 cm³/mol. The Morgan fingerprint density at radius 1 is 1.41 bits per heavy atom. The van der Waals surface area contributed by atoms with E-state index < -0.39 is 21.5 Å². The molecule has 0 saturated carbocycles. The molecule has 2 atom stereocenters. The number of anilines is 2. The second-order valence-electron chi connectivity index (χ2n) is 6.66. The highest BCUT2D eigenvalue weighted by atomic mass is 127. The van der Waals surface area contributed by atoms with Gasteiger partial charge in [-0.25, -0.2) is 3.07 Å². The van der Waals surface area contributed by atoms with Gasteiger partial charge in [0.2, 0.25) is 0 Å². The van der Waals surface area contributed by atoms with Gasteiger partial charge in [-0.1, -0.05) is 13.8 Å². The number of aliphatic hydroxyl groups is 1. The number of benzene rings is 1. The molecule has 7 heteroatoms. The van der Waals surface area contributed by atoms with Crippen molar-refractivity contribution >= 4 is 32.8 Å². The van der Waals surface area contributed by atoms with E-state index in [0.29, 0.717) is 5.69 Å². The molecule has 3 N–H and O–H groups in total. The molecule has 0 amide bonds. The minimum atomic E-state index is -1.64. The van der Waals surface area contributed by atoms with E-state index in [4.69, 9.17) is 0 Å². The SMILES string of the molecule is CN(C)C1CC(C(C)(C)CO)Nc2ccc(N(O)I=O)cc21. The van der Waals surface area contributed by atoms with Crippen LogP contribution in [0, 0.1) is 5.41 Å². The van der Waals surface area contributed by atoms with Crippen molar-refractivity contribution in [3.05, 3.63) is 23.8 Å². The van der Waals surface area contributed by atoms with Gasteiger partial charge in [0.25, 0.3) is 21.5 Å². The summed E-state index contributed by atoms with van der Waals surface area (Å²) in [5, 5.41) is 22.8. The van der Waals surface area contributed by atoms with Crippen molar-refractivity contribution < 1.29 is 13.4 Å². The van der Waals surface area contributed by atoms with E-state index in [1.54, 1.807) is 6.07 Å². The summed E-state index contributed by atoms with van der Waals surface area (Å²) in [5.74, 6) is 0. The Morgan fingerprint density at radius 3 is 2.64 bits per heavy atom. The van der Waals surface area contributed by atoms with E-state index in [-0.39, 0.29) is 24.1 Å². The maximum Gasteiger partial charge on any atom is 0.300 e. The third-order valence-corrected chi connectivity index (χ3v) is 5.37. The molecule has 1 aromatic rings. The van der Waals surface area contributed by atoms with E-state index >= 15 is 0 Å². The summed E-state index contributed by atoms with van der Waals surface area (Å²) in [5.41, 5.74) is 2.39. The van der Waals surface area contributed by atoms with Crippen molar-refractivity contribution in [3.8, 4) is 0 Å². The maximum absolute atomic E-state index is 11.0. The molecule has 1 aliphatic heterocycles. The van der Waals surface area contributed by atoms with Gasteiger partial charge in [-0.15, -0.1) is 0 Å². The largest absolute Gasteiger partial charge is 0.396 e. The Balaban J connectivity index is 2.42. The van der Waals surface area contributed by atoms with Crippen LogP contribution in [0.4, 0.5) is 11.4 Å². The normalized spacial score (nSPS) is 21.4. The van der Waals surface area contributed by atoms with E-state index in [0.717, 1.165) is 20.9 Å². The zero-order chi connectivity index (χ0) is 16.5. The number of aliphatic hydroxyl groups excluding tert-OH is 1. The molecule has 2 rings (SSSR count). The summed E-state index contributed by atoms with van der Waals surface area (Å²) in [4.78, 5) is 2.14. The molecule has 0 saturated heterocycles. The summed E-state index contributed by atoms with van der Waals surface area (Å²) in [6.07, 6.45) is 0.856. The van der Waals surface area contributed by atoms with Gasteiger partial charge < -0.3 is 15.3 Å². The van der Waals surface area contributed by atoms with E-state index in [2.05, 4.69) is 10.2 Å². The summed E-state index contributed by atoms with van der Waals surface area (Å²) < 4.78 is 11.8. The van der Waals surface area contributed by atoms with Crippen LogP contribution in [0.2, 0.25) is 0 Å². The van der Waals surface area contributed by atoms with Gasteiger partial charge >= 0.3 is 0 Å². The molecule has 124 valence electrons. The zero-order valence-corrected chi connectivity index (χ0v) is 15.5. The second kappa shape index (κ2) is 6.77. The van der Waals surface area contributed by atoms with Gasteiger partial charge in [-0.3, -0.25) is 5.21 Å². The number of nitrogens with one attached hydrogen (secondary N) is 1. The standard InChI is InChI=1S/C15H24IN3O3/c1-15(2,9-20)14-8-13(18(3)4)11-7-10(19(22)16-21)5-6-12(11)17-14/h5-7,13-14,17,20,22H,8-9H2,1-4H3. The first-order valence-corrected chi connectivity index (χ1v) is 9.09. The molecule has 2 unspecified atom stereocenters. The minimum Gasteiger partial charge on any atom is -0.396 e.